The average Bonchev–Trinajstić information content (AvgIpc) is 2.71. The minimum atomic E-state index is -0.307. The number of para-hydroxylation sites is 1. The van der Waals surface area contributed by atoms with E-state index < -0.39 is 0 Å². The van der Waals surface area contributed by atoms with Crippen molar-refractivity contribution in [1.82, 2.24) is 0 Å². The zero-order valence-electron chi connectivity index (χ0n) is 15.7. The van der Waals surface area contributed by atoms with Crippen LogP contribution >= 0.6 is 0 Å². The van der Waals surface area contributed by atoms with Crippen molar-refractivity contribution in [3.05, 3.63) is 89.7 Å². The lowest BCUT2D eigenvalue weighted by Gasteiger charge is -2.11. The van der Waals surface area contributed by atoms with Gasteiger partial charge in [0, 0.05) is 17.9 Å². The number of anilines is 2. The lowest BCUT2D eigenvalue weighted by Crippen LogP contribution is -2.14. The molecule has 144 valence electrons. The van der Waals surface area contributed by atoms with Gasteiger partial charge in [-0.05, 0) is 60.0 Å². The van der Waals surface area contributed by atoms with E-state index in [1.54, 1.807) is 19.2 Å². The summed E-state index contributed by atoms with van der Waals surface area (Å²) in [6.07, 6.45) is 1.05. The van der Waals surface area contributed by atoms with Gasteiger partial charge in [-0.15, -0.1) is 0 Å². The van der Waals surface area contributed by atoms with Crippen molar-refractivity contribution in [1.29, 1.82) is 0 Å². The molecule has 2 N–H and O–H groups in total. The molecule has 0 fully saturated rings. The van der Waals surface area contributed by atoms with Gasteiger partial charge in [0.15, 0.2) is 0 Å². The maximum absolute atomic E-state index is 12.9. The summed E-state index contributed by atoms with van der Waals surface area (Å²) in [5, 5.41) is 6.22. The van der Waals surface area contributed by atoms with Crippen molar-refractivity contribution in [3.8, 4) is 5.75 Å². The van der Waals surface area contributed by atoms with Gasteiger partial charge in [0.25, 0.3) is 0 Å². The van der Waals surface area contributed by atoms with Crippen molar-refractivity contribution in [3.63, 3.8) is 0 Å². The fraction of sp³-hybridized carbons (Fsp3) is 0.174. The molecule has 0 saturated carbocycles. The SMILES string of the molecule is COc1ccccc1CCNc1ccc(NC(=O)Cc2ccc(F)cc2)cc1. The first-order valence-electron chi connectivity index (χ1n) is 9.14. The monoisotopic (exact) mass is 378 g/mol. The normalized spacial score (nSPS) is 10.4. The molecular formula is C23H23FN2O2. The van der Waals surface area contributed by atoms with E-state index in [9.17, 15) is 9.18 Å². The number of ether oxygens (including phenoxy) is 1. The first-order chi connectivity index (χ1) is 13.6. The predicted octanol–water partition coefficient (Wildman–Crippen LogP) is 4.67. The van der Waals surface area contributed by atoms with E-state index in [2.05, 4.69) is 16.7 Å². The van der Waals surface area contributed by atoms with Crippen LogP contribution in [0.15, 0.2) is 72.8 Å². The van der Waals surface area contributed by atoms with E-state index in [1.807, 2.05) is 42.5 Å². The Morgan fingerprint density at radius 1 is 0.929 bits per heavy atom. The minimum absolute atomic E-state index is 0.136. The van der Waals surface area contributed by atoms with Crippen molar-refractivity contribution in [2.75, 3.05) is 24.3 Å². The average molecular weight is 378 g/mol. The van der Waals surface area contributed by atoms with E-state index in [1.165, 1.54) is 12.1 Å². The number of rotatable bonds is 8. The Kier molecular flexibility index (Phi) is 6.63. The number of hydrogen-bond acceptors (Lipinski definition) is 3. The van der Waals surface area contributed by atoms with Gasteiger partial charge in [0.1, 0.15) is 11.6 Å². The molecule has 0 aliphatic rings. The molecule has 0 heterocycles. The Morgan fingerprint density at radius 2 is 1.61 bits per heavy atom. The topological polar surface area (TPSA) is 50.4 Å². The number of methoxy groups -OCH3 is 1. The first-order valence-corrected chi connectivity index (χ1v) is 9.14. The molecule has 28 heavy (non-hydrogen) atoms. The molecule has 1 amide bonds. The Labute approximate surface area is 164 Å². The number of carbonyl (C=O) groups is 1. The van der Waals surface area contributed by atoms with E-state index >= 15 is 0 Å². The third kappa shape index (κ3) is 5.58. The van der Waals surface area contributed by atoms with Crippen LogP contribution in [-0.2, 0) is 17.6 Å². The summed E-state index contributed by atoms with van der Waals surface area (Å²) >= 11 is 0. The summed E-state index contributed by atoms with van der Waals surface area (Å²) in [5.41, 5.74) is 3.63. The van der Waals surface area contributed by atoms with Crippen molar-refractivity contribution in [2.45, 2.75) is 12.8 Å². The fourth-order valence-corrected chi connectivity index (χ4v) is 2.92. The van der Waals surface area contributed by atoms with Crippen LogP contribution in [0.4, 0.5) is 15.8 Å². The van der Waals surface area contributed by atoms with Crippen LogP contribution in [0.2, 0.25) is 0 Å². The van der Waals surface area contributed by atoms with Crippen LogP contribution < -0.4 is 15.4 Å². The summed E-state index contributed by atoms with van der Waals surface area (Å²) in [7, 11) is 1.68. The summed E-state index contributed by atoms with van der Waals surface area (Å²) in [6, 6.07) is 21.5. The molecule has 4 nitrogen and oxygen atoms in total. The van der Waals surface area contributed by atoms with E-state index in [0.29, 0.717) is 0 Å². The molecule has 0 spiro atoms. The number of halogens is 1. The van der Waals surface area contributed by atoms with Crippen LogP contribution in [0, 0.1) is 5.82 Å². The molecule has 0 bridgehead atoms. The molecule has 0 radical (unpaired) electrons. The Bertz CT molecular complexity index is 909. The largest absolute Gasteiger partial charge is 0.496 e. The van der Waals surface area contributed by atoms with Crippen molar-refractivity contribution < 1.29 is 13.9 Å². The highest BCUT2D eigenvalue weighted by atomic mass is 19.1. The summed E-state index contributed by atoms with van der Waals surface area (Å²) in [6.45, 7) is 0.774. The van der Waals surface area contributed by atoms with Gasteiger partial charge in [-0.2, -0.15) is 0 Å². The second-order valence-electron chi connectivity index (χ2n) is 6.42. The highest BCUT2D eigenvalue weighted by Crippen LogP contribution is 2.19. The molecule has 0 aromatic heterocycles. The summed E-state index contributed by atoms with van der Waals surface area (Å²) < 4.78 is 18.3. The number of benzene rings is 3. The zero-order chi connectivity index (χ0) is 19.8. The fourth-order valence-electron chi connectivity index (χ4n) is 2.92. The second-order valence-corrected chi connectivity index (χ2v) is 6.42. The molecule has 3 aromatic carbocycles. The smallest absolute Gasteiger partial charge is 0.228 e. The lowest BCUT2D eigenvalue weighted by atomic mass is 10.1. The lowest BCUT2D eigenvalue weighted by molar-refractivity contribution is -0.115. The number of carbonyl (C=O) groups excluding carboxylic acids is 1. The molecule has 0 aliphatic carbocycles. The zero-order valence-corrected chi connectivity index (χ0v) is 15.7. The second kappa shape index (κ2) is 9.55. The van der Waals surface area contributed by atoms with Gasteiger partial charge >= 0.3 is 0 Å². The van der Waals surface area contributed by atoms with Gasteiger partial charge in [-0.3, -0.25) is 4.79 Å². The van der Waals surface area contributed by atoms with Gasteiger partial charge in [-0.25, -0.2) is 4.39 Å². The molecule has 0 aliphatic heterocycles. The molecule has 5 heteroatoms. The summed E-state index contributed by atoms with van der Waals surface area (Å²) in [4.78, 5) is 12.1. The van der Waals surface area contributed by atoms with Gasteiger partial charge in [-0.1, -0.05) is 30.3 Å². The van der Waals surface area contributed by atoms with Crippen molar-refractivity contribution in [2.24, 2.45) is 0 Å². The van der Waals surface area contributed by atoms with Crippen LogP contribution in [0.3, 0.4) is 0 Å². The van der Waals surface area contributed by atoms with Crippen LogP contribution in [0.25, 0.3) is 0 Å². The van der Waals surface area contributed by atoms with Crippen LogP contribution in [-0.4, -0.2) is 19.6 Å². The number of hydrogen-bond donors (Lipinski definition) is 2. The molecule has 3 aromatic rings. The predicted molar refractivity (Wildman–Crippen MR) is 110 cm³/mol. The third-order valence-electron chi connectivity index (χ3n) is 4.36. The third-order valence-corrected chi connectivity index (χ3v) is 4.36. The first kappa shape index (κ1) is 19.4. The van der Waals surface area contributed by atoms with Crippen molar-refractivity contribution >= 4 is 17.3 Å². The summed E-state index contributed by atoms with van der Waals surface area (Å²) in [5.74, 6) is 0.449. The highest BCUT2D eigenvalue weighted by Gasteiger charge is 2.05. The number of amides is 1. The van der Waals surface area contributed by atoms with Gasteiger partial charge in [0.05, 0.1) is 13.5 Å². The quantitative estimate of drug-likeness (QED) is 0.599. The van der Waals surface area contributed by atoms with Crippen LogP contribution in [0.1, 0.15) is 11.1 Å². The minimum Gasteiger partial charge on any atom is -0.496 e. The molecule has 0 atom stereocenters. The van der Waals surface area contributed by atoms with Crippen LogP contribution in [0.5, 0.6) is 5.75 Å². The highest BCUT2D eigenvalue weighted by molar-refractivity contribution is 5.92. The molecule has 3 rings (SSSR count). The maximum atomic E-state index is 12.9. The Hall–Kier alpha value is -3.34. The Morgan fingerprint density at radius 3 is 2.32 bits per heavy atom. The Balaban J connectivity index is 1.47. The molecule has 0 unspecified atom stereocenters. The molecular weight excluding hydrogens is 355 g/mol. The van der Waals surface area contributed by atoms with E-state index in [-0.39, 0.29) is 18.1 Å². The van der Waals surface area contributed by atoms with E-state index in [4.69, 9.17) is 4.74 Å². The van der Waals surface area contributed by atoms with E-state index in [0.717, 1.165) is 41.2 Å². The number of nitrogens with one attached hydrogen (secondary N) is 2. The standard InChI is InChI=1S/C23H23FN2O2/c1-28-22-5-3-2-4-18(22)14-15-25-20-10-12-21(13-11-20)26-23(27)16-17-6-8-19(24)9-7-17/h2-13,25H,14-16H2,1H3,(H,26,27). The van der Waals surface area contributed by atoms with Gasteiger partial charge in [0.2, 0.25) is 5.91 Å². The maximum Gasteiger partial charge on any atom is 0.228 e. The molecule has 0 saturated heterocycles. The van der Waals surface area contributed by atoms with Gasteiger partial charge < -0.3 is 15.4 Å².